The van der Waals surface area contributed by atoms with Gasteiger partial charge >= 0.3 is 0 Å². The van der Waals surface area contributed by atoms with Gasteiger partial charge in [-0.15, -0.1) is 0 Å². The van der Waals surface area contributed by atoms with Gasteiger partial charge in [0.1, 0.15) is 0 Å². The summed E-state index contributed by atoms with van der Waals surface area (Å²) in [6.07, 6.45) is 35.4. The Morgan fingerprint density at radius 1 is 0.312 bits per heavy atom. The maximum Gasteiger partial charge on any atom is 0.0784 e. The van der Waals surface area contributed by atoms with Crippen LogP contribution in [0.3, 0.4) is 0 Å². The Morgan fingerprint density at radius 2 is 0.531 bits per heavy atom. The molecule has 0 radical (unpaired) electrons. The predicted molar refractivity (Wildman–Crippen MR) is 149 cm³/mol. The van der Waals surface area contributed by atoms with Crippen molar-refractivity contribution in [2.45, 2.75) is 175 Å². The molecule has 0 spiro atoms. The van der Waals surface area contributed by atoms with E-state index in [0.717, 1.165) is 0 Å². The maximum absolute atomic E-state index is 2.42. The van der Waals surface area contributed by atoms with Crippen molar-refractivity contribution in [3.63, 3.8) is 0 Å². The van der Waals surface area contributed by atoms with Crippen LogP contribution in [0.1, 0.15) is 175 Å². The van der Waals surface area contributed by atoms with E-state index < -0.39 is 0 Å². The Kier molecular flexibility index (Phi) is 25.5. The van der Waals surface area contributed by atoms with Gasteiger partial charge in [0.05, 0.1) is 26.7 Å². The van der Waals surface area contributed by atoms with Gasteiger partial charge in [-0.1, -0.05) is 148 Å². The average molecular weight is 453 g/mol. The topological polar surface area (TPSA) is 0 Å². The summed E-state index contributed by atoms with van der Waals surface area (Å²) in [7, 11) is 2.42. The van der Waals surface area contributed by atoms with Gasteiger partial charge in [-0.2, -0.15) is 0 Å². The van der Waals surface area contributed by atoms with Gasteiger partial charge in [0.2, 0.25) is 0 Å². The quantitative estimate of drug-likeness (QED) is 0.0858. The monoisotopic (exact) mass is 453 g/mol. The van der Waals surface area contributed by atoms with E-state index in [1.54, 1.807) is 0 Å². The average Bonchev–Trinajstić information content (AvgIpc) is 2.81. The van der Waals surface area contributed by atoms with E-state index in [1.807, 2.05) is 0 Å². The van der Waals surface area contributed by atoms with Crippen LogP contribution < -0.4 is 0 Å². The summed E-state index contributed by atoms with van der Waals surface area (Å²) in [5.41, 5.74) is 0. The molecule has 0 rings (SSSR count). The van der Waals surface area contributed by atoms with Gasteiger partial charge in [0.15, 0.2) is 0 Å². The lowest BCUT2D eigenvalue weighted by molar-refractivity contribution is -0.906. The predicted octanol–water partition coefficient (Wildman–Crippen LogP) is 10.9. The largest absolute Gasteiger partial charge is 0.327 e. The third-order valence-electron chi connectivity index (χ3n) is 8.08. The molecule has 0 aliphatic carbocycles. The van der Waals surface area contributed by atoms with Gasteiger partial charge < -0.3 is 4.48 Å². The summed E-state index contributed by atoms with van der Waals surface area (Å²) < 4.78 is 1.26. The molecule has 0 unspecified atom stereocenters. The summed E-state index contributed by atoms with van der Waals surface area (Å²) in [4.78, 5) is 0. The fourth-order valence-corrected chi connectivity index (χ4v) is 5.00. The van der Waals surface area contributed by atoms with Crippen molar-refractivity contribution in [3.05, 3.63) is 0 Å². The van der Waals surface area contributed by atoms with E-state index in [0.29, 0.717) is 0 Å². The third-order valence-corrected chi connectivity index (χ3v) is 8.08. The summed E-state index contributed by atoms with van der Waals surface area (Å²) in [6.45, 7) is 10.9. The fraction of sp³-hybridized carbons (Fsp3) is 1.00. The summed E-state index contributed by atoms with van der Waals surface area (Å²) in [5, 5.41) is 0. The van der Waals surface area contributed by atoms with E-state index in [1.165, 1.54) is 178 Å². The number of nitrogens with zero attached hydrogens (tertiary/aromatic N) is 1. The molecule has 194 valence electrons. The van der Waals surface area contributed by atoms with Gasteiger partial charge in [0, 0.05) is 0 Å². The molecule has 0 fully saturated rings. The maximum atomic E-state index is 2.42. The molecular formula is C31H66N+. The van der Waals surface area contributed by atoms with E-state index >= 15 is 0 Å². The molecule has 0 aliphatic rings. The highest BCUT2D eigenvalue weighted by molar-refractivity contribution is 4.51. The van der Waals surface area contributed by atoms with Crippen molar-refractivity contribution in [2.24, 2.45) is 0 Å². The zero-order valence-corrected chi connectivity index (χ0v) is 23.5. The first-order valence-electron chi connectivity index (χ1n) is 15.5. The van der Waals surface area contributed by atoms with Crippen molar-refractivity contribution in [3.8, 4) is 0 Å². The van der Waals surface area contributed by atoms with Crippen LogP contribution in [0.2, 0.25) is 0 Å². The molecule has 0 aromatic heterocycles. The van der Waals surface area contributed by atoms with Crippen molar-refractivity contribution in [1.82, 2.24) is 0 Å². The van der Waals surface area contributed by atoms with Gasteiger partial charge in [0.25, 0.3) is 0 Å². The van der Waals surface area contributed by atoms with E-state index in [-0.39, 0.29) is 0 Å². The van der Waals surface area contributed by atoms with Crippen molar-refractivity contribution >= 4 is 0 Å². The molecule has 0 amide bonds. The minimum absolute atomic E-state index is 1.26. The second-order valence-corrected chi connectivity index (χ2v) is 11.1. The van der Waals surface area contributed by atoms with Crippen LogP contribution in [0.15, 0.2) is 0 Å². The van der Waals surface area contributed by atoms with Gasteiger partial charge in [-0.3, -0.25) is 0 Å². The molecule has 1 heteroatoms. The van der Waals surface area contributed by atoms with Crippen LogP contribution >= 0.6 is 0 Å². The van der Waals surface area contributed by atoms with Crippen LogP contribution in [0.5, 0.6) is 0 Å². The summed E-state index contributed by atoms with van der Waals surface area (Å²) in [5.74, 6) is 0. The molecule has 0 saturated heterocycles. The second-order valence-electron chi connectivity index (χ2n) is 11.1. The highest BCUT2D eigenvalue weighted by Crippen LogP contribution is 2.16. The normalized spacial score (nSPS) is 12.0. The Balaban J connectivity index is 3.09. The lowest BCUT2D eigenvalue weighted by Gasteiger charge is -2.32. The molecule has 0 atom stereocenters. The molecule has 0 aromatic rings. The van der Waals surface area contributed by atoms with E-state index in [9.17, 15) is 0 Å². The van der Waals surface area contributed by atoms with Crippen molar-refractivity contribution in [2.75, 3.05) is 26.7 Å². The number of rotatable bonds is 27. The second kappa shape index (κ2) is 25.6. The molecule has 32 heavy (non-hydrogen) atoms. The first kappa shape index (κ1) is 32.0. The molecular weight excluding hydrogens is 386 g/mol. The molecule has 0 aromatic carbocycles. The van der Waals surface area contributed by atoms with Crippen LogP contribution in [-0.2, 0) is 0 Å². The highest BCUT2D eigenvalue weighted by atomic mass is 15.3. The summed E-state index contributed by atoms with van der Waals surface area (Å²) in [6, 6.07) is 0. The van der Waals surface area contributed by atoms with Gasteiger partial charge in [-0.05, 0) is 26.7 Å². The van der Waals surface area contributed by atoms with Gasteiger partial charge in [-0.25, -0.2) is 0 Å². The number of hydrogen-bond acceptors (Lipinski definition) is 0. The SMILES string of the molecule is CCCCCCCCCCCCCCCCCCCCCCCCCC[N+](C)(CC)CC. The lowest BCUT2D eigenvalue weighted by Crippen LogP contribution is -2.44. The number of unbranched alkanes of at least 4 members (excludes halogenated alkanes) is 23. The standard InChI is InChI=1S/C31H66N/c1-5-8-9-10-11-12-13-14-15-16-17-18-19-20-21-22-23-24-25-26-27-28-29-30-31-32(4,6-2)7-3/h5-31H2,1-4H3/q+1. The smallest absolute Gasteiger partial charge is 0.0784 e. The van der Waals surface area contributed by atoms with Crippen LogP contribution in [0.4, 0.5) is 0 Å². The Morgan fingerprint density at radius 3 is 0.750 bits per heavy atom. The lowest BCUT2D eigenvalue weighted by atomic mass is 10.0. The van der Waals surface area contributed by atoms with E-state index in [4.69, 9.17) is 0 Å². The molecule has 0 saturated carbocycles. The van der Waals surface area contributed by atoms with Crippen LogP contribution in [-0.4, -0.2) is 31.2 Å². The Bertz CT molecular complexity index is 333. The molecule has 0 heterocycles. The third kappa shape index (κ3) is 23.1. The van der Waals surface area contributed by atoms with Crippen molar-refractivity contribution in [1.29, 1.82) is 0 Å². The van der Waals surface area contributed by atoms with E-state index in [2.05, 4.69) is 27.8 Å². The molecule has 0 aliphatic heterocycles. The zero-order chi connectivity index (χ0) is 23.6. The Labute approximate surface area is 206 Å². The molecule has 0 bridgehead atoms. The van der Waals surface area contributed by atoms with Crippen molar-refractivity contribution < 1.29 is 4.48 Å². The molecule has 0 N–H and O–H groups in total. The number of quaternary nitrogens is 1. The minimum atomic E-state index is 1.26. The zero-order valence-electron chi connectivity index (χ0n) is 23.5. The Hall–Kier alpha value is -0.0400. The molecule has 1 nitrogen and oxygen atoms in total. The highest BCUT2D eigenvalue weighted by Gasteiger charge is 2.14. The number of hydrogen-bond donors (Lipinski definition) is 0. The minimum Gasteiger partial charge on any atom is -0.327 e. The first-order chi connectivity index (χ1) is 15.7. The summed E-state index contributed by atoms with van der Waals surface area (Å²) >= 11 is 0. The van der Waals surface area contributed by atoms with Crippen LogP contribution in [0, 0.1) is 0 Å². The fourth-order valence-electron chi connectivity index (χ4n) is 5.00. The van der Waals surface area contributed by atoms with Crippen LogP contribution in [0.25, 0.3) is 0 Å². The first-order valence-corrected chi connectivity index (χ1v) is 15.5.